The van der Waals surface area contributed by atoms with E-state index in [-0.39, 0.29) is 29.3 Å². The maximum absolute atomic E-state index is 13.3. The second-order valence-corrected chi connectivity index (χ2v) is 11.8. The van der Waals surface area contributed by atoms with E-state index in [9.17, 15) is 14.7 Å². The molecule has 0 saturated heterocycles. The van der Waals surface area contributed by atoms with Crippen molar-refractivity contribution >= 4 is 11.9 Å². The third-order valence-electron chi connectivity index (χ3n) is 9.69. The van der Waals surface area contributed by atoms with Gasteiger partial charge >= 0.3 is 11.9 Å². The van der Waals surface area contributed by atoms with Gasteiger partial charge in [0.25, 0.3) is 0 Å². The predicted molar refractivity (Wildman–Crippen MR) is 152 cm³/mol. The Labute approximate surface area is 235 Å². The zero-order chi connectivity index (χ0) is 27.9. The smallest absolute Gasteiger partial charge is 0.343 e. The van der Waals surface area contributed by atoms with Crippen LogP contribution in [0.1, 0.15) is 76.8 Å². The van der Waals surface area contributed by atoms with Crippen LogP contribution in [-0.2, 0) is 6.42 Å². The van der Waals surface area contributed by atoms with Crippen LogP contribution in [0.25, 0.3) is 0 Å². The summed E-state index contributed by atoms with van der Waals surface area (Å²) in [5.41, 5.74) is 2.80. The Kier molecular flexibility index (Phi) is 6.98. The van der Waals surface area contributed by atoms with Crippen molar-refractivity contribution < 1.29 is 24.2 Å². The van der Waals surface area contributed by atoms with E-state index in [2.05, 4.69) is 12.8 Å². The molecule has 0 amide bonds. The first-order valence-electron chi connectivity index (χ1n) is 14.2. The van der Waals surface area contributed by atoms with Gasteiger partial charge in [-0.15, -0.1) is 12.3 Å². The van der Waals surface area contributed by atoms with E-state index >= 15 is 0 Å². The van der Waals surface area contributed by atoms with Crippen LogP contribution in [0.5, 0.6) is 11.5 Å². The van der Waals surface area contributed by atoms with Crippen molar-refractivity contribution in [2.45, 2.75) is 57.5 Å². The second kappa shape index (κ2) is 10.6. The minimum absolute atomic E-state index is 0.127. The molecule has 0 spiro atoms. The van der Waals surface area contributed by atoms with Crippen LogP contribution in [0.2, 0.25) is 0 Å². The fourth-order valence-corrected chi connectivity index (χ4v) is 7.80. The molecule has 5 heteroatoms. The van der Waals surface area contributed by atoms with Crippen LogP contribution in [0.15, 0.2) is 72.8 Å². The van der Waals surface area contributed by atoms with E-state index in [1.165, 1.54) is 0 Å². The summed E-state index contributed by atoms with van der Waals surface area (Å²) in [7, 11) is 0. The molecule has 40 heavy (non-hydrogen) atoms. The maximum Gasteiger partial charge on any atom is 0.343 e. The molecular weight excluding hydrogens is 500 g/mol. The Morgan fingerprint density at radius 3 is 2.25 bits per heavy atom. The first-order valence-corrected chi connectivity index (χ1v) is 14.2. The van der Waals surface area contributed by atoms with Crippen molar-refractivity contribution in [3.63, 3.8) is 0 Å². The normalized spacial score (nSPS) is 28.4. The average molecular weight is 535 g/mol. The highest BCUT2D eigenvalue weighted by molar-refractivity contribution is 5.92. The van der Waals surface area contributed by atoms with E-state index in [4.69, 9.17) is 15.9 Å². The number of carbonyl (C=O) groups excluding carboxylic acids is 2. The van der Waals surface area contributed by atoms with Crippen molar-refractivity contribution in [3.05, 3.63) is 95.1 Å². The molecule has 2 fully saturated rings. The van der Waals surface area contributed by atoms with Crippen LogP contribution in [-0.4, -0.2) is 23.1 Å². The third-order valence-corrected chi connectivity index (χ3v) is 9.69. The molecule has 0 aliphatic heterocycles. The number of esters is 2. The number of fused-ring (bicyclic) bond motifs is 5. The molecule has 0 unspecified atom stereocenters. The van der Waals surface area contributed by atoms with Crippen LogP contribution >= 0.6 is 0 Å². The van der Waals surface area contributed by atoms with Gasteiger partial charge in [0.15, 0.2) is 0 Å². The van der Waals surface area contributed by atoms with Gasteiger partial charge < -0.3 is 14.6 Å². The summed E-state index contributed by atoms with van der Waals surface area (Å²) in [4.78, 5) is 26.2. The number of hydrogen-bond donors (Lipinski definition) is 1. The molecule has 3 aliphatic carbocycles. The summed E-state index contributed by atoms with van der Waals surface area (Å²) in [5.74, 6) is 3.78. The van der Waals surface area contributed by atoms with Gasteiger partial charge in [0, 0.05) is 18.1 Å². The largest absolute Gasteiger partial charge is 0.423 e. The lowest BCUT2D eigenvalue weighted by atomic mass is 9.52. The Morgan fingerprint density at radius 1 is 0.950 bits per heavy atom. The molecule has 3 aliphatic rings. The van der Waals surface area contributed by atoms with E-state index in [1.807, 2.05) is 18.2 Å². The van der Waals surface area contributed by atoms with Gasteiger partial charge in [-0.2, -0.15) is 0 Å². The molecule has 0 heterocycles. The molecule has 2 saturated carbocycles. The number of terminal acetylenes is 1. The Balaban J connectivity index is 1.43. The first kappa shape index (κ1) is 26.3. The highest BCUT2D eigenvalue weighted by Crippen LogP contribution is 2.63. The highest BCUT2D eigenvalue weighted by Gasteiger charge is 2.57. The molecule has 6 rings (SSSR count). The Hall–Kier alpha value is -3.88. The molecule has 0 bridgehead atoms. The van der Waals surface area contributed by atoms with Gasteiger partial charge in [-0.3, -0.25) is 0 Å². The van der Waals surface area contributed by atoms with Gasteiger partial charge in [0.05, 0.1) is 17.2 Å². The Morgan fingerprint density at radius 2 is 1.60 bits per heavy atom. The summed E-state index contributed by atoms with van der Waals surface area (Å²) in [6.45, 7) is 2.23. The molecule has 0 radical (unpaired) electrons. The van der Waals surface area contributed by atoms with E-state index in [0.29, 0.717) is 41.4 Å². The minimum Gasteiger partial charge on any atom is -0.423 e. The molecule has 3 aromatic carbocycles. The Bertz CT molecular complexity index is 1460. The van der Waals surface area contributed by atoms with Crippen LogP contribution < -0.4 is 9.47 Å². The monoisotopic (exact) mass is 534 g/mol. The standard InChI is InChI=1S/C35H34O5/c1-3-10-24-19-25-20-26(39-33(37)22-11-6-4-7-12-22)21-29(40-34(38)23-13-8-5-9-14-23)32(25)27-17-18-35(2)28(31(24)27)15-16-30(35)36/h1,4-9,11-14,20-21,24,27-28,30-31,36H,10,15-19H2,2H3/t24-,27+,28+,30+,31-,35+/m1/s1. The van der Waals surface area contributed by atoms with Crippen LogP contribution in [0.4, 0.5) is 0 Å². The van der Waals surface area contributed by atoms with E-state index in [1.54, 1.807) is 54.6 Å². The van der Waals surface area contributed by atoms with Crippen molar-refractivity contribution in [2.24, 2.45) is 23.2 Å². The topological polar surface area (TPSA) is 72.8 Å². The lowest BCUT2D eigenvalue weighted by molar-refractivity contribution is -0.0378. The average Bonchev–Trinajstić information content (AvgIpc) is 3.27. The van der Waals surface area contributed by atoms with Crippen molar-refractivity contribution in [1.29, 1.82) is 0 Å². The number of aliphatic hydroxyl groups is 1. The number of hydrogen-bond acceptors (Lipinski definition) is 5. The summed E-state index contributed by atoms with van der Waals surface area (Å²) < 4.78 is 11.9. The molecule has 5 nitrogen and oxygen atoms in total. The van der Waals surface area contributed by atoms with Gasteiger partial charge in [-0.1, -0.05) is 43.3 Å². The van der Waals surface area contributed by atoms with Crippen molar-refractivity contribution in [2.75, 3.05) is 0 Å². The number of carbonyl (C=O) groups is 2. The zero-order valence-electron chi connectivity index (χ0n) is 22.7. The molecule has 204 valence electrons. The van der Waals surface area contributed by atoms with Crippen molar-refractivity contribution in [1.82, 2.24) is 0 Å². The molecule has 0 aromatic heterocycles. The quantitative estimate of drug-likeness (QED) is 0.227. The lowest BCUT2D eigenvalue weighted by Gasteiger charge is -2.53. The number of ether oxygens (including phenoxy) is 2. The summed E-state index contributed by atoms with van der Waals surface area (Å²) >= 11 is 0. The van der Waals surface area contributed by atoms with Crippen LogP contribution in [0.3, 0.4) is 0 Å². The van der Waals surface area contributed by atoms with E-state index in [0.717, 1.165) is 36.8 Å². The van der Waals surface area contributed by atoms with Gasteiger partial charge in [0.1, 0.15) is 11.5 Å². The number of aliphatic hydroxyl groups excluding tert-OH is 1. The summed E-state index contributed by atoms with van der Waals surface area (Å²) in [6.07, 6.45) is 10.5. The lowest BCUT2D eigenvalue weighted by Crippen LogP contribution is -2.47. The fourth-order valence-electron chi connectivity index (χ4n) is 7.80. The third kappa shape index (κ3) is 4.61. The summed E-state index contributed by atoms with van der Waals surface area (Å²) in [5, 5.41) is 10.9. The minimum atomic E-state index is -0.469. The molecule has 6 atom stereocenters. The second-order valence-electron chi connectivity index (χ2n) is 11.8. The highest BCUT2D eigenvalue weighted by atomic mass is 16.5. The molecule has 3 aromatic rings. The van der Waals surface area contributed by atoms with E-state index < -0.39 is 11.9 Å². The van der Waals surface area contributed by atoms with Gasteiger partial charge in [0.2, 0.25) is 0 Å². The molecular formula is C35H34O5. The predicted octanol–water partition coefficient (Wildman–Crippen LogP) is 6.59. The number of benzene rings is 3. The fraction of sp³-hybridized carbons (Fsp3) is 0.371. The zero-order valence-corrected chi connectivity index (χ0v) is 22.7. The first-order chi connectivity index (χ1) is 19.4. The van der Waals surface area contributed by atoms with Crippen molar-refractivity contribution in [3.8, 4) is 23.8 Å². The maximum atomic E-state index is 13.3. The van der Waals surface area contributed by atoms with Gasteiger partial charge in [-0.05, 0) is 97.1 Å². The SMILES string of the molecule is C#CC[C@@H]1Cc2cc(OC(=O)c3ccccc3)cc(OC(=O)c3ccccc3)c2[C@H]2CC[C@]3(C)[C@@H](O)CC[C@H]3[C@H]12. The van der Waals surface area contributed by atoms with Crippen LogP contribution in [0, 0.1) is 35.5 Å². The van der Waals surface area contributed by atoms with Gasteiger partial charge in [-0.25, -0.2) is 9.59 Å². The summed E-state index contributed by atoms with van der Waals surface area (Å²) in [6, 6.07) is 21.4. The number of rotatable bonds is 5. The molecule has 1 N–H and O–H groups in total.